The first kappa shape index (κ1) is 13.5. The normalized spacial score (nSPS) is 14.8. The highest BCUT2D eigenvalue weighted by atomic mass is 16.5. The third-order valence-corrected chi connectivity index (χ3v) is 3.28. The first-order chi connectivity index (χ1) is 10.3. The van der Waals surface area contributed by atoms with Crippen molar-refractivity contribution < 1.29 is 9.53 Å². The Morgan fingerprint density at radius 1 is 1.24 bits per heavy atom. The molecule has 0 radical (unpaired) electrons. The van der Waals surface area contributed by atoms with Gasteiger partial charge in [0.2, 0.25) is 0 Å². The number of carbonyl (C=O) groups is 1. The van der Waals surface area contributed by atoms with Gasteiger partial charge in [0, 0.05) is 36.9 Å². The predicted octanol–water partition coefficient (Wildman–Crippen LogP) is 1.57. The molecule has 1 aliphatic rings. The number of rotatable bonds is 3. The van der Waals surface area contributed by atoms with E-state index in [4.69, 9.17) is 4.74 Å². The summed E-state index contributed by atoms with van der Waals surface area (Å²) in [7, 11) is 0. The van der Waals surface area contributed by atoms with Crippen LogP contribution >= 0.6 is 0 Å². The Labute approximate surface area is 122 Å². The number of anilines is 2. The molecular formula is C15H16N4O2. The van der Waals surface area contributed by atoms with Crippen molar-refractivity contribution in [2.75, 3.05) is 36.5 Å². The van der Waals surface area contributed by atoms with E-state index in [1.54, 1.807) is 0 Å². The monoisotopic (exact) mass is 284 g/mol. The average Bonchev–Trinajstić information content (AvgIpc) is 2.57. The second-order valence-electron chi connectivity index (χ2n) is 4.69. The molecule has 0 saturated carbocycles. The van der Waals surface area contributed by atoms with Crippen LogP contribution in [0.25, 0.3) is 0 Å². The molecule has 108 valence electrons. The number of benzene rings is 1. The summed E-state index contributed by atoms with van der Waals surface area (Å²) in [4.78, 5) is 22.2. The number of amides is 1. The maximum Gasteiger partial charge on any atom is 0.275 e. The molecule has 0 aliphatic carbocycles. The summed E-state index contributed by atoms with van der Waals surface area (Å²) >= 11 is 0. The summed E-state index contributed by atoms with van der Waals surface area (Å²) in [5.41, 5.74) is 2.12. The minimum absolute atomic E-state index is 0.262. The van der Waals surface area contributed by atoms with Crippen molar-refractivity contribution in [2.24, 2.45) is 0 Å². The van der Waals surface area contributed by atoms with Crippen LogP contribution in [-0.4, -0.2) is 42.2 Å². The summed E-state index contributed by atoms with van der Waals surface area (Å²) in [6.07, 6.45) is 4.48. The lowest BCUT2D eigenvalue weighted by atomic mass is 10.2. The van der Waals surface area contributed by atoms with E-state index >= 15 is 0 Å². The summed E-state index contributed by atoms with van der Waals surface area (Å²) in [6.45, 7) is 3.19. The summed E-state index contributed by atoms with van der Waals surface area (Å²) in [5, 5.41) is 2.84. The van der Waals surface area contributed by atoms with Crippen molar-refractivity contribution in [2.45, 2.75) is 0 Å². The van der Waals surface area contributed by atoms with E-state index in [0.717, 1.165) is 37.7 Å². The lowest BCUT2D eigenvalue weighted by Gasteiger charge is -2.29. The van der Waals surface area contributed by atoms with Crippen molar-refractivity contribution in [1.29, 1.82) is 0 Å². The topological polar surface area (TPSA) is 67.4 Å². The Morgan fingerprint density at radius 3 is 2.86 bits per heavy atom. The zero-order valence-corrected chi connectivity index (χ0v) is 11.5. The molecule has 1 aromatic carbocycles. The number of morpholine rings is 1. The summed E-state index contributed by atoms with van der Waals surface area (Å²) in [5.74, 6) is -0.262. The molecule has 2 heterocycles. The third kappa shape index (κ3) is 3.35. The van der Waals surface area contributed by atoms with Gasteiger partial charge < -0.3 is 15.0 Å². The molecule has 1 amide bonds. The van der Waals surface area contributed by atoms with Gasteiger partial charge in [-0.15, -0.1) is 0 Å². The predicted molar refractivity (Wildman–Crippen MR) is 79.5 cm³/mol. The van der Waals surface area contributed by atoms with Crippen LogP contribution in [-0.2, 0) is 4.74 Å². The fraction of sp³-hybridized carbons (Fsp3) is 0.267. The molecule has 1 saturated heterocycles. The van der Waals surface area contributed by atoms with Gasteiger partial charge in [-0.05, 0) is 18.2 Å². The van der Waals surface area contributed by atoms with E-state index in [1.165, 1.54) is 18.6 Å². The van der Waals surface area contributed by atoms with Crippen LogP contribution in [0.2, 0.25) is 0 Å². The fourth-order valence-corrected chi connectivity index (χ4v) is 2.21. The van der Waals surface area contributed by atoms with Crippen LogP contribution in [0.1, 0.15) is 10.5 Å². The Bertz CT molecular complexity index is 612. The average molecular weight is 284 g/mol. The number of nitrogens with zero attached hydrogens (tertiary/aromatic N) is 3. The van der Waals surface area contributed by atoms with Crippen molar-refractivity contribution in [1.82, 2.24) is 9.97 Å². The molecule has 3 rings (SSSR count). The van der Waals surface area contributed by atoms with Gasteiger partial charge in [-0.2, -0.15) is 0 Å². The Morgan fingerprint density at radius 2 is 2.10 bits per heavy atom. The Kier molecular flexibility index (Phi) is 4.07. The van der Waals surface area contributed by atoms with Crippen molar-refractivity contribution in [3.8, 4) is 0 Å². The van der Waals surface area contributed by atoms with E-state index in [1.807, 2.05) is 24.3 Å². The van der Waals surface area contributed by atoms with Crippen LogP contribution in [0.3, 0.4) is 0 Å². The molecule has 2 aromatic rings. The number of aromatic nitrogens is 2. The molecule has 0 spiro atoms. The molecule has 21 heavy (non-hydrogen) atoms. The van der Waals surface area contributed by atoms with Gasteiger partial charge in [-0.3, -0.25) is 9.78 Å². The van der Waals surface area contributed by atoms with Crippen LogP contribution in [0.15, 0.2) is 42.9 Å². The van der Waals surface area contributed by atoms with Crippen LogP contribution in [0.4, 0.5) is 11.4 Å². The molecule has 0 unspecified atom stereocenters. The van der Waals surface area contributed by atoms with E-state index < -0.39 is 0 Å². The quantitative estimate of drug-likeness (QED) is 0.926. The highest BCUT2D eigenvalue weighted by molar-refractivity contribution is 6.02. The number of hydrogen-bond donors (Lipinski definition) is 1. The minimum Gasteiger partial charge on any atom is -0.378 e. The number of carbonyl (C=O) groups excluding carboxylic acids is 1. The highest BCUT2D eigenvalue weighted by Crippen LogP contribution is 2.20. The molecule has 1 N–H and O–H groups in total. The number of hydrogen-bond acceptors (Lipinski definition) is 5. The zero-order chi connectivity index (χ0) is 14.5. The minimum atomic E-state index is -0.262. The van der Waals surface area contributed by atoms with Gasteiger partial charge in [-0.1, -0.05) is 6.07 Å². The maximum atomic E-state index is 12.1. The van der Waals surface area contributed by atoms with Crippen LogP contribution < -0.4 is 10.2 Å². The van der Waals surface area contributed by atoms with Crippen molar-refractivity contribution >= 4 is 17.3 Å². The summed E-state index contributed by atoms with van der Waals surface area (Å²) < 4.78 is 5.35. The lowest BCUT2D eigenvalue weighted by molar-refractivity contribution is 0.102. The molecule has 1 fully saturated rings. The molecule has 0 atom stereocenters. The van der Waals surface area contributed by atoms with Gasteiger partial charge >= 0.3 is 0 Å². The molecule has 1 aromatic heterocycles. The first-order valence-corrected chi connectivity index (χ1v) is 6.83. The summed E-state index contributed by atoms with van der Waals surface area (Å²) in [6, 6.07) is 7.78. The van der Waals surface area contributed by atoms with Gasteiger partial charge in [-0.25, -0.2) is 4.98 Å². The van der Waals surface area contributed by atoms with Crippen LogP contribution in [0.5, 0.6) is 0 Å². The Balaban J connectivity index is 1.72. The van der Waals surface area contributed by atoms with Crippen molar-refractivity contribution in [3.63, 3.8) is 0 Å². The standard InChI is InChI=1S/C15H16N4O2/c20-15(14-11-16-4-5-17-14)18-12-2-1-3-13(10-12)19-6-8-21-9-7-19/h1-5,10-11H,6-9H2,(H,18,20). The smallest absolute Gasteiger partial charge is 0.275 e. The van der Waals surface area contributed by atoms with Gasteiger partial charge in [0.15, 0.2) is 0 Å². The zero-order valence-electron chi connectivity index (χ0n) is 11.5. The lowest BCUT2D eigenvalue weighted by Crippen LogP contribution is -2.36. The number of ether oxygens (including phenoxy) is 1. The van der Waals surface area contributed by atoms with Gasteiger partial charge in [0.25, 0.3) is 5.91 Å². The molecular weight excluding hydrogens is 268 g/mol. The molecule has 0 bridgehead atoms. The van der Waals surface area contributed by atoms with E-state index in [-0.39, 0.29) is 5.91 Å². The van der Waals surface area contributed by atoms with Crippen LogP contribution in [0, 0.1) is 0 Å². The second kappa shape index (κ2) is 6.32. The third-order valence-electron chi connectivity index (χ3n) is 3.28. The largest absolute Gasteiger partial charge is 0.378 e. The van der Waals surface area contributed by atoms with E-state index in [9.17, 15) is 4.79 Å². The highest BCUT2D eigenvalue weighted by Gasteiger charge is 2.12. The molecule has 6 nitrogen and oxygen atoms in total. The molecule has 6 heteroatoms. The SMILES string of the molecule is O=C(Nc1cccc(N2CCOCC2)c1)c1cnccn1. The van der Waals surface area contributed by atoms with E-state index in [2.05, 4.69) is 20.2 Å². The number of nitrogens with one attached hydrogen (secondary N) is 1. The second-order valence-corrected chi connectivity index (χ2v) is 4.69. The van der Waals surface area contributed by atoms with Gasteiger partial charge in [0.1, 0.15) is 5.69 Å². The first-order valence-electron chi connectivity index (χ1n) is 6.83. The molecule has 1 aliphatic heterocycles. The fourth-order valence-electron chi connectivity index (χ4n) is 2.21. The van der Waals surface area contributed by atoms with E-state index in [0.29, 0.717) is 5.69 Å². The van der Waals surface area contributed by atoms with Gasteiger partial charge in [0.05, 0.1) is 19.4 Å². The van der Waals surface area contributed by atoms with Crippen molar-refractivity contribution in [3.05, 3.63) is 48.5 Å². The maximum absolute atomic E-state index is 12.1. The Hall–Kier alpha value is -2.47.